The van der Waals surface area contributed by atoms with Gasteiger partial charge in [0.2, 0.25) is 11.9 Å². The summed E-state index contributed by atoms with van der Waals surface area (Å²) in [6.45, 7) is 3.00. The minimum atomic E-state index is 0.192. The summed E-state index contributed by atoms with van der Waals surface area (Å²) in [4.78, 5) is 15.6. The van der Waals surface area contributed by atoms with Crippen LogP contribution in [0.15, 0.2) is 0 Å². The monoisotopic (exact) mass is 335 g/mol. The van der Waals surface area contributed by atoms with Crippen molar-refractivity contribution in [2.75, 3.05) is 43.6 Å². The fourth-order valence-electron chi connectivity index (χ4n) is 3.62. The summed E-state index contributed by atoms with van der Waals surface area (Å²) in [6, 6.07) is 0.358. The summed E-state index contributed by atoms with van der Waals surface area (Å²) < 4.78 is 5.27. The maximum Gasteiger partial charge on any atom is 0.322 e. The third-order valence-electron chi connectivity index (χ3n) is 5.35. The van der Waals surface area contributed by atoms with Crippen molar-refractivity contribution in [3.8, 4) is 6.01 Å². The fourth-order valence-corrected chi connectivity index (χ4v) is 3.62. The molecule has 0 atom stereocenters. The van der Waals surface area contributed by atoms with E-state index in [2.05, 4.69) is 25.2 Å². The first-order valence-corrected chi connectivity index (χ1v) is 9.14. The molecular formula is C17H29N5O2. The number of rotatable bonds is 7. The van der Waals surface area contributed by atoms with E-state index in [1.165, 1.54) is 32.1 Å². The predicted molar refractivity (Wildman–Crippen MR) is 93.5 cm³/mol. The van der Waals surface area contributed by atoms with Crippen LogP contribution in [-0.2, 0) is 0 Å². The predicted octanol–water partition coefficient (Wildman–Crippen LogP) is 2.23. The minimum absolute atomic E-state index is 0.192. The highest BCUT2D eigenvalue weighted by Crippen LogP contribution is 2.43. The van der Waals surface area contributed by atoms with E-state index in [1.54, 1.807) is 7.11 Å². The van der Waals surface area contributed by atoms with Crippen LogP contribution in [0.1, 0.15) is 51.4 Å². The first-order valence-electron chi connectivity index (χ1n) is 9.14. The van der Waals surface area contributed by atoms with Crippen molar-refractivity contribution in [3.63, 3.8) is 0 Å². The third-order valence-corrected chi connectivity index (χ3v) is 5.35. The molecule has 24 heavy (non-hydrogen) atoms. The lowest BCUT2D eigenvalue weighted by Crippen LogP contribution is -2.38. The Balaban J connectivity index is 1.71. The maximum atomic E-state index is 9.29. The number of anilines is 2. The van der Waals surface area contributed by atoms with E-state index in [0.717, 1.165) is 38.9 Å². The highest BCUT2D eigenvalue weighted by molar-refractivity contribution is 5.38. The summed E-state index contributed by atoms with van der Waals surface area (Å²) in [5.41, 5.74) is 0.192. The number of ether oxygens (including phenoxy) is 1. The highest BCUT2D eigenvalue weighted by atomic mass is 16.5. The lowest BCUT2D eigenvalue weighted by atomic mass is 9.67. The third kappa shape index (κ3) is 4.06. The molecule has 0 radical (unpaired) electrons. The Kier molecular flexibility index (Phi) is 5.71. The molecule has 3 rings (SSSR count). The standard InChI is InChI=1S/C17H29N5O2/c1-24-16-20-14(18-13-17(9-12-23)7-6-8-17)19-15(21-16)22-10-4-2-3-5-11-22/h23H,2-13H2,1H3,(H,18,19,20,21). The summed E-state index contributed by atoms with van der Waals surface area (Å²) in [6.07, 6.45) is 9.28. The Morgan fingerprint density at radius 1 is 1.08 bits per heavy atom. The molecule has 2 fully saturated rings. The molecule has 7 heteroatoms. The van der Waals surface area contributed by atoms with Crippen molar-refractivity contribution in [2.24, 2.45) is 5.41 Å². The molecule has 2 heterocycles. The number of aliphatic hydroxyl groups is 1. The van der Waals surface area contributed by atoms with E-state index >= 15 is 0 Å². The van der Waals surface area contributed by atoms with Gasteiger partial charge in [-0.1, -0.05) is 19.3 Å². The number of aliphatic hydroxyl groups excluding tert-OH is 1. The van der Waals surface area contributed by atoms with E-state index < -0.39 is 0 Å². The Labute approximate surface area is 143 Å². The van der Waals surface area contributed by atoms with Gasteiger partial charge < -0.3 is 20.1 Å². The number of aromatic nitrogens is 3. The van der Waals surface area contributed by atoms with Gasteiger partial charge in [-0.2, -0.15) is 15.0 Å². The van der Waals surface area contributed by atoms with E-state index in [4.69, 9.17) is 4.74 Å². The SMILES string of the molecule is COc1nc(NCC2(CCO)CCC2)nc(N2CCCCCC2)n1. The normalized spacial score (nSPS) is 20.2. The molecule has 7 nitrogen and oxygen atoms in total. The molecule has 134 valence electrons. The van der Waals surface area contributed by atoms with Crippen LogP contribution in [0.4, 0.5) is 11.9 Å². The molecule has 1 aliphatic heterocycles. The Hall–Kier alpha value is -1.63. The molecule has 0 unspecified atom stereocenters. The van der Waals surface area contributed by atoms with Crippen molar-refractivity contribution in [1.82, 2.24) is 15.0 Å². The van der Waals surface area contributed by atoms with E-state index in [1.807, 2.05) is 0 Å². The van der Waals surface area contributed by atoms with Crippen LogP contribution in [0, 0.1) is 5.41 Å². The van der Waals surface area contributed by atoms with Gasteiger partial charge in [0.25, 0.3) is 0 Å². The quantitative estimate of drug-likeness (QED) is 0.790. The Morgan fingerprint density at radius 3 is 2.42 bits per heavy atom. The second-order valence-electron chi connectivity index (χ2n) is 7.03. The molecule has 1 aromatic heterocycles. The van der Waals surface area contributed by atoms with Gasteiger partial charge >= 0.3 is 6.01 Å². The number of nitrogens with one attached hydrogen (secondary N) is 1. The summed E-state index contributed by atoms with van der Waals surface area (Å²) in [7, 11) is 1.59. The van der Waals surface area contributed by atoms with Gasteiger partial charge in [-0.25, -0.2) is 0 Å². The van der Waals surface area contributed by atoms with E-state index in [0.29, 0.717) is 17.9 Å². The zero-order valence-electron chi connectivity index (χ0n) is 14.6. The molecule has 2 N–H and O–H groups in total. The zero-order chi connectivity index (χ0) is 16.8. The van der Waals surface area contributed by atoms with Gasteiger partial charge in [-0.3, -0.25) is 0 Å². The van der Waals surface area contributed by atoms with Gasteiger partial charge in [0.15, 0.2) is 0 Å². The number of nitrogens with zero attached hydrogens (tertiary/aromatic N) is 4. The number of hydrogen-bond acceptors (Lipinski definition) is 7. The molecule has 0 amide bonds. The van der Waals surface area contributed by atoms with E-state index in [9.17, 15) is 5.11 Å². The Bertz CT molecular complexity index is 528. The average molecular weight is 335 g/mol. The van der Waals surface area contributed by atoms with Crippen LogP contribution in [0.2, 0.25) is 0 Å². The smallest absolute Gasteiger partial charge is 0.322 e. The minimum Gasteiger partial charge on any atom is -0.467 e. The van der Waals surface area contributed by atoms with Crippen molar-refractivity contribution >= 4 is 11.9 Å². The van der Waals surface area contributed by atoms with Crippen molar-refractivity contribution in [1.29, 1.82) is 0 Å². The average Bonchev–Trinajstić information content (AvgIpc) is 2.86. The van der Waals surface area contributed by atoms with Gasteiger partial charge in [0, 0.05) is 26.2 Å². The molecule has 1 aromatic rings. The molecule has 1 aliphatic carbocycles. The van der Waals surface area contributed by atoms with Crippen molar-refractivity contribution in [2.45, 2.75) is 51.4 Å². The largest absolute Gasteiger partial charge is 0.467 e. The van der Waals surface area contributed by atoms with Crippen molar-refractivity contribution < 1.29 is 9.84 Å². The van der Waals surface area contributed by atoms with Crippen LogP contribution >= 0.6 is 0 Å². The molecule has 0 aromatic carbocycles. The van der Waals surface area contributed by atoms with Gasteiger partial charge in [0.1, 0.15) is 0 Å². The van der Waals surface area contributed by atoms with Crippen LogP contribution in [0.25, 0.3) is 0 Å². The molecule has 0 bridgehead atoms. The number of methoxy groups -OCH3 is 1. The second kappa shape index (κ2) is 7.96. The maximum absolute atomic E-state index is 9.29. The topological polar surface area (TPSA) is 83.4 Å². The number of hydrogen-bond donors (Lipinski definition) is 2. The van der Waals surface area contributed by atoms with Gasteiger partial charge in [-0.05, 0) is 37.5 Å². The molecule has 1 saturated carbocycles. The van der Waals surface area contributed by atoms with Crippen molar-refractivity contribution in [3.05, 3.63) is 0 Å². The van der Waals surface area contributed by atoms with Gasteiger partial charge in [0.05, 0.1) is 7.11 Å². The fraction of sp³-hybridized carbons (Fsp3) is 0.824. The van der Waals surface area contributed by atoms with Crippen LogP contribution in [0.3, 0.4) is 0 Å². The molecule has 0 spiro atoms. The van der Waals surface area contributed by atoms with Gasteiger partial charge in [-0.15, -0.1) is 0 Å². The first-order chi connectivity index (χ1) is 11.7. The second-order valence-corrected chi connectivity index (χ2v) is 7.03. The molecule has 1 saturated heterocycles. The zero-order valence-corrected chi connectivity index (χ0v) is 14.6. The summed E-state index contributed by atoms with van der Waals surface area (Å²) in [5.74, 6) is 1.28. The first kappa shape index (κ1) is 17.2. The summed E-state index contributed by atoms with van der Waals surface area (Å²) >= 11 is 0. The lowest BCUT2D eigenvalue weighted by molar-refractivity contribution is 0.101. The lowest BCUT2D eigenvalue weighted by Gasteiger charge is -2.41. The van der Waals surface area contributed by atoms with Crippen LogP contribution in [-0.4, -0.2) is 53.4 Å². The molecular weight excluding hydrogens is 306 g/mol. The molecule has 2 aliphatic rings. The van der Waals surface area contributed by atoms with E-state index in [-0.39, 0.29) is 12.0 Å². The Morgan fingerprint density at radius 2 is 1.83 bits per heavy atom. The highest BCUT2D eigenvalue weighted by Gasteiger charge is 2.36. The van der Waals surface area contributed by atoms with Crippen LogP contribution in [0.5, 0.6) is 6.01 Å². The summed E-state index contributed by atoms with van der Waals surface area (Å²) in [5, 5.41) is 12.7. The van der Waals surface area contributed by atoms with Crippen LogP contribution < -0.4 is 15.0 Å².